The molecule has 0 aromatic heterocycles. The summed E-state index contributed by atoms with van der Waals surface area (Å²) in [6.45, 7) is 4.40. The van der Waals surface area contributed by atoms with Gasteiger partial charge in [-0.1, -0.05) is 0 Å². The summed E-state index contributed by atoms with van der Waals surface area (Å²) in [4.78, 5) is 53.0. The summed E-state index contributed by atoms with van der Waals surface area (Å²) in [5.74, 6) is -0.731. The van der Waals surface area contributed by atoms with Crippen molar-refractivity contribution in [2.75, 3.05) is 63.2 Å². The van der Waals surface area contributed by atoms with Crippen molar-refractivity contribution in [2.24, 2.45) is 0 Å². The van der Waals surface area contributed by atoms with Crippen LogP contribution < -0.4 is 10.6 Å². The number of carbonyl (C=O) groups excluding carboxylic acids is 4. The number of amides is 4. The van der Waals surface area contributed by atoms with E-state index in [1.54, 1.807) is 58.3 Å². The van der Waals surface area contributed by atoms with Gasteiger partial charge in [0.2, 0.25) is 11.8 Å². The third kappa shape index (κ3) is 6.89. The van der Waals surface area contributed by atoms with Crippen LogP contribution >= 0.6 is 0 Å². The molecule has 0 saturated carbocycles. The van der Waals surface area contributed by atoms with E-state index in [-0.39, 0.29) is 36.5 Å². The third-order valence-electron chi connectivity index (χ3n) is 6.01. The molecule has 2 N–H and O–H groups in total. The molecule has 0 aliphatic carbocycles. The van der Waals surface area contributed by atoms with Gasteiger partial charge in [0.15, 0.2) is 0 Å². The Balaban J connectivity index is 1.20. The van der Waals surface area contributed by atoms with E-state index in [9.17, 15) is 19.2 Å². The summed E-state index contributed by atoms with van der Waals surface area (Å²) in [6, 6.07) is 13.4. The van der Waals surface area contributed by atoms with Crippen LogP contribution in [-0.4, -0.2) is 86.0 Å². The summed E-state index contributed by atoms with van der Waals surface area (Å²) in [7, 11) is 0. The van der Waals surface area contributed by atoms with E-state index < -0.39 is 0 Å². The second-order valence-corrected chi connectivity index (χ2v) is 8.56. The Labute approximate surface area is 209 Å². The standard InChI is InChI=1S/C26H30N4O6/c31-23(27-21-5-1-19(2-6-21)25(33)29-11-15-35-16-12-29)9-10-24(32)28-22-7-3-20(4-8-22)26(34)30-13-17-36-18-14-30/h1-8H,9-18H2,(H,27,31)(H,28,32). The molecule has 2 aromatic rings. The van der Waals surface area contributed by atoms with E-state index in [2.05, 4.69) is 10.6 Å². The second-order valence-electron chi connectivity index (χ2n) is 8.56. The Morgan fingerprint density at radius 1 is 0.583 bits per heavy atom. The lowest BCUT2D eigenvalue weighted by Gasteiger charge is -2.26. The van der Waals surface area contributed by atoms with E-state index in [1.165, 1.54) is 0 Å². The van der Waals surface area contributed by atoms with Crippen LogP contribution in [0.2, 0.25) is 0 Å². The van der Waals surface area contributed by atoms with E-state index >= 15 is 0 Å². The molecule has 2 saturated heterocycles. The molecule has 0 bridgehead atoms. The molecular weight excluding hydrogens is 464 g/mol. The second kappa shape index (κ2) is 12.3. The molecule has 2 aliphatic heterocycles. The van der Waals surface area contributed by atoms with Gasteiger partial charge in [-0.15, -0.1) is 0 Å². The van der Waals surface area contributed by atoms with Crippen molar-refractivity contribution in [1.29, 1.82) is 0 Å². The monoisotopic (exact) mass is 494 g/mol. The first-order valence-corrected chi connectivity index (χ1v) is 12.0. The summed E-state index contributed by atoms with van der Waals surface area (Å²) in [5, 5.41) is 5.49. The molecule has 36 heavy (non-hydrogen) atoms. The normalized spacial score (nSPS) is 15.8. The molecular formula is C26H30N4O6. The van der Waals surface area contributed by atoms with Crippen molar-refractivity contribution in [1.82, 2.24) is 9.80 Å². The summed E-state index contributed by atoms with van der Waals surface area (Å²) in [5.41, 5.74) is 2.21. The summed E-state index contributed by atoms with van der Waals surface area (Å²) < 4.78 is 10.5. The van der Waals surface area contributed by atoms with Crippen LogP contribution in [0.4, 0.5) is 11.4 Å². The Morgan fingerprint density at radius 3 is 1.25 bits per heavy atom. The quantitative estimate of drug-likeness (QED) is 0.608. The fourth-order valence-corrected chi connectivity index (χ4v) is 3.96. The molecule has 2 heterocycles. The van der Waals surface area contributed by atoms with Crippen LogP contribution in [0.3, 0.4) is 0 Å². The molecule has 2 aromatic carbocycles. The molecule has 2 aliphatic rings. The third-order valence-corrected chi connectivity index (χ3v) is 6.01. The van der Waals surface area contributed by atoms with Crippen molar-refractivity contribution in [3.05, 3.63) is 59.7 Å². The van der Waals surface area contributed by atoms with Crippen LogP contribution in [0.15, 0.2) is 48.5 Å². The van der Waals surface area contributed by atoms with Crippen LogP contribution in [-0.2, 0) is 19.1 Å². The number of ether oxygens (including phenoxy) is 2. The van der Waals surface area contributed by atoms with E-state index in [0.29, 0.717) is 75.1 Å². The first kappa shape index (κ1) is 25.3. The number of carbonyl (C=O) groups is 4. The molecule has 4 rings (SSSR count). The van der Waals surface area contributed by atoms with Crippen molar-refractivity contribution >= 4 is 35.0 Å². The molecule has 4 amide bonds. The molecule has 0 spiro atoms. The molecule has 10 nitrogen and oxygen atoms in total. The first-order valence-electron chi connectivity index (χ1n) is 12.0. The Hall–Kier alpha value is -3.76. The van der Waals surface area contributed by atoms with Gasteiger partial charge >= 0.3 is 0 Å². The lowest BCUT2D eigenvalue weighted by molar-refractivity contribution is -0.121. The zero-order chi connectivity index (χ0) is 25.3. The van der Waals surface area contributed by atoms with Crippen LogP contribution in [0.1, 0.15) is 33.6 Å². The maximum absolute atomic E-state index is 12.5. The Bertz CT molecular complexity index is 987. The summed E-state index contributed by atoms with van der Waals surface area (Å²) in [6.07, 6.45) is 0.0157. The fourth-order valence-electron chi connectivity index (χ4n) is 3.96. The smallest absolute Gasteiger partial charge is 0.254 e. The van der Waals surface area contributed by atoms with Crippen molar-refractivity contribution in [3.63, 3.8) is 0 Å². The number of morpholine rings is 2. The highest BCUT2D eigenvalue weighted by Gasteiger charge is 2.19. The lowest BCUT2D eigenvalue weighted by Crippen LogP contribution is -2.40. The van der Waals surface area contributed by atoms with Crippen molar-refractivity contribution in [2.45, 2.75) is 12.8 Å². The molecule has 190 valence electrons. The van der Waals surface area contributed by atoms with Crippen molar-refractivity contribution in [3.8, 4) is 0 Å². The predicted molar refractivity (Wildman–Crippen MR) is 133 cm³/mol. The highest BCUT2D eigenvalue weighted by molar-refractivity contribution is 5.99. The maximum atomic E-state index is 12.5. The molecule has 0 radical (unpaired) electrons. The highest BCUT2D eigenvalue weighted by atomic mass is 16.5. The predicted octanol–water partition coefficient (Wildman–Crippen LogP) is 1.99. The zero-order valence-corrected chi connectivity index (χ0v) is 20.0. The van der Waals surface area contributed by atoms with Gasteiger partial charge in [-0.05, 0) is 48.5 Å². The zero-order valence-electron chi connectivity index (χ0n) is 20.0. The van der Waals surface area contributed by atoms with E-state index in [1.807, 2.05) is 0 Å². The van der Waals surface area contributed by atoms with Gasteiger partial charge in [0.05, 0.1) is 26.4 Å². The van der Waals surface area contributed by atoms with Gasteiger partial charge in [-0.25, -0.2) is 0 Å². The first-order chi connectivity index (χ1) is 17.5. The van der Waals surface area contributed by atoms with E-state index in [4.69, 9.17) is 9.47 Å². The molecule has 2 fully saturated rings. The van der Waals surface area contributed by atoms with Crippen LogP contribution in [0, 0.1) is 0 Å². The van der Waals surface area contributed by atoms with Crippen LogP contribution in [0.5, 0.6) is 0 Å². The number of nitrogens with zero attached hydrogens (tertiary/aromatic N) is 2. The number of rotatable bonds is 7. The molecule has 10 heteroatoms. The highest BCUT2D eigenvalue weighted by Crippen LogP contribution is 2.15. The van der Waals surface area contributed by atoms with Crippen LogP contribution in [0.25, 0.3) is 0 Å². The average molecular weight is 495 g/mol. The van der Waals surface area contributed by atoms with Gasteiger partial charge in [0.1, 0.15) is 0 Å². The molecule has 0 unspecified atom stereocenters. The fraction of sp³-hybridized carbons (Fsp3) is 0.385. The minimum atomic E-state index is -0.302. The van der Waals surface area contributed by atoms with Gasteiger partial charge < -0.3 is 29.9 Å². The van der Waals surface area contributed by atoms with Gasteiger partial charge in [-0.3, -0.25) is 19.2 Å². The number of hydrogen-bond acceptors (Lipinski definition) is 6. The SMILES string of the molecule is O=C(CCC(=O)Nc1ccc(C(=O)N2CCOCC2)cc1)Nc1ccc(C(=O)N2CCOCC2)cc1. The Morgan fingerprint density at radius 2 is 0.917 bits per heavy atom. The lowest BCUT2D eigenvalue weighted by atomic mass is 10.1. The Kier molecular flexibility index (Phi) is 8.64. The van der Waals surface area contributed by atoms with Gasteiger partial charge in [-0.2, -0.15) is 0 Å². The number of nitrogens with one attached hydrogen (secondary N) is 2. The number of hydrogen-bond donors (Lipinski definition) is 2. The minimum absolute atomic E-state index is 0.00783. The van der Waals surface area contributed by atoms with Crippen molar-refractivity contribution < 1.29 is 28.7 Å². The largest absolute Gasteiger partial charge is 0.378 e. The average Bonchev–Trinajstić information content (AvgIpc) is 2.93. The van der Waals surface area contributed by atoms with Gasteiger partial charge in [0, 0.05) is 61.5 Å². The minimum Gasteiger partial charge on any atom is -0.378 e. The molecule has 0 atom stereocenters. The number of anilines is 2. The number of benzene rings is 2. The summed E-state index contributed by atoms with van der Waals surface area (Å²) >= 11 is 0. The topological polar surface area (TPSA) is 117 Å². The van der Waals surface area contributed by atoms with Gasteiger partial charge in [0.25, 0.3) is 11.8 Å². The van der Waals surface area contributed by atoms with E-state index in [0.717, 1.165) is 0 Å². The maximum Gasteiger partial charge on any atom is 0.254 e.